The minimum absolute atomic E-state index is 0.388. The van der Waals surface area contributed by atoms with Crippen LogP contribution in [0.4, 0.5) is 0 Å². The highest BCUT2D eigenvalue weighted by Gasteiger charge is 2.09. The summed E-state index contributed by atoms with van der Waals surface area (Å²) >= 11 is 5.29. The highest BCUT2D eigenvalue weighted by molar-refractivity contribution is 7.71. The first kappa shape index (κ1) is 17.7. The summed E-state index contributed by atoms with van der Waals surface area (Å²) in [4.78, 5) is 0. The van der Waals surface area contributed by atoms with Crippen LogP contribution >= 0.6 is 12.2 Å². The molecule has 0 unspecified atom stereocenters. The molecule has 1 heterocycles. The summed E-state index contributed by atoms with van der Waals surface area (Å²) in [5, 5.41) is 11.5. The van der Waals surface area contributed by atoms with Crippen molar-refractivity contribution in [2.24, 2.45) is 5.10 Å². The van der Waals surface area contributed by atoms with E-state index >= 15 is 0 Å². The number of H-pyrrole nitrogens is 1. The Morgan fingerprint density at radius 1 is 1.00 bits per heavy atom. The van der Waals surface area contributed by atoms with E-state index < -0.39 is 0 Å². The van der Waals surface area contributed by atoms with Gasteiger partial charge in [0.2, 0.25) is 4.77 Å². The number of hydrogen-bond acceptors (Lipinski definition) is 6. The summed E-state index contributed by atoms with van der Waals surface area (Å²) in [5.74, 6) is 2.72. The van der Waals surface area contributed by atoms with Gasteiger partial charge in [0.1, 0.15) is 17.2 Å². The van der Waals surface area contributed by atoms with Gasteiger partial charge in [-0.05, 0) is 48.6 Å². The third-order valence-corrected chi connectivity index (χ3v) is 4.02. The Kier molecular flexibility index (Phi) is 5.33. The number of rotatable bonds is 6. The lowest BCUT2D eigenvalue weighted by atomic mass is 10.2. The fourth-order valence-electron chi connectivity index (χ4n) is 2.37. The Balaban J connectivity index is 1.97. The summed E-state index contributed by atoms with van der Waals surface area (Å²) in [6.45, 7) is 0. The van der Waals surface area contributed by atoms with Crippen LogP contribution in [-0.4, -0.2) is 42.4 Å². The molecule has 0 bridgehead atoms. The predicted molar refractivity (Wildman–Crippen MR) is 102 cm³/mol. The molecule has 0 aliphatic carbocycles. The lowest BCUT2D eigenvalue weighted by molar-refractivity contribution is 0.394. The molecule has 0 aliphatic rings. The molecule has 0 saturated carbocycles. The monoisotopic (exact) mass is 370 g/mol. The maximum Gasteiger partial charge on any atom is 0.216 e. The summed E-state index contributed by atoms with van der Waals surface area (Å²) in [5.41, 5.74) is 1.65. The zero-order valence-corrected chi connectivity index (χ0v) is 15.4. The fraction of sp³-hybridized carbons (Fsp3) is 0.167. The highest BCUT2D eigenvalue weighted by atomic mass is 32.1. The second kappa shape index (κ2) is 7.83. The van der Waals surface area contributed by atoms with Crippen LogP contribution in [-0.2, 0) is 0 Å². The number of hydrogen-bond donors (Lipinski definition) is 1. The van der Waals surface area contributed by atoms with Gasteiger partial charge in [0.15, 0.2) is 5.82 Å². The second-order valence-corrected chi connectivity index (χ2v) is 5.63. The molecule has 3 aromatic rings. The third-order valence-electron chi connectivity index (χ3n) is 3.75. The van der Waals surface area contributed by atoms with Gasteiger partial charge in [0.05, 0.1) is 27.5 Å². The summed E-state index contributed by atoms with van der Waals surface area (Å²) in [6, 6.07) is 13.0. The van der Waals surface area contributed by atoms with Crippen molar-refractivity contribution in [3.05, 3.63) is 52.8 Å². The molecule has 3 rings (SSSR count). The molecule has 0 aliphatic heterocycles. The average molecular weight is 370 g/mol. The topological polar surface area (TPSA) is 73.7 Å². The molecular weight excluding hydrogens is 352 g/mol. The molecule has 2 aromatic carbocycles. The Hall–Kier alpha value is -3.13. The van der Waals surface area contributed by atoms with Gasteiger partial charge in [-0.3, -0.25) is 0 Å². The normalized spacial score (nSPS) is 10.9. The largest absolute Gasteiger partial charge is 0.497 e. The third kappa shape index (κ3) is 3.60. The molecule has 0 atom stereocenters. The van der Waals surface area contributed by atoms with E-state index in [1.54, 1.807) is 38.3 Å². The first-order valence-corrected chi connectivity index (χ1v) is 8.15. The van der Waals surface area contributed by atoms with Crippen molar-refractivity contribution in [3.63, 3.8) is 0 Å². The minimum atomic E-state index is 0.388. The molecule has 0 radical (unpaired) electrons. The van der Waals surface area contributed by atoms with Crippen LogP contribution in [0.3, 0.4) is 0 Å². The molecule has 0 saturated heterocycles. The maximum absolute atomic E-state index is 5.38. The van der Waals surface area contributed by atoms with Crippen LogP contribution in [0.5, 0.6) is 17.2 Å². The SMILES string of the molecule is COc1ccc(-c2n[nH]c(=S)n2/N=C/c2ccc(OC)cc2OC)cc1. The standard InChI is InChI=1S/C18H18N4O3S/c1-23-14-7-4-12(5-8-14)17-20-21-18(26)22(17)19-11-13-6-9-15(24-2)10-16(13)25-3/h4-11H,1-3H3,(H,21,26)/b19-11+. The van der Waals surface area contributed by atoms with Crippen molar-refractivity contribution in [3.8, 4) is 28.6 Å². The van der Waals surface area contributed by atoms with E-state index in [-0.39, 0.29) is 0 Å². The quantitative estimate of drug-likeness (QED) is 0.531. The number of benzene rings is 2. The van der Waals surface area contributed by atoms with E-state index in [1.165, 1.54) is 0 Å². The van der Waals surface area contributed by atoms with E-state index in [9.17, 15) is 0 Å². The van der Waals surface area contributed by atoms with Crippen LogP contribution in [0.1, 0.15) is 5.56 Å². The van der Waals surface area contributed by atoms with Crippen LogP contribution in [0, 0.1) is 4.77 Å². The first-order chi connectivity index (χ1) is 12.7. The number of nitrogens with zero attached hydrogens (tertiary/aromatic N) is 3. The molecule has 134 valence electrons. The van der Waals surface area contributed by atoms with Gasteiger partial charge in [-0.1, -0.05) is 0 Å². The molecule has 8 heteroatoms. The van der Waals surface area contributed by atoms with Gasteiger partial charge in [0, 0.05) is 17.2 Å². The molecule has 7 nitrogen and oxygen atoms in total. The van der Waals surface area contributed by atoms with Crippen molar-refractivity contribution in [1.82, 2.24) is 14.9 Å². The van der Waals surface area contributed by atoms with Gasteiger partial charge >= 0.3 is 0 Å². The molecule has 0 spiro atoms. The van der Waals surface area contributed by atoms with Crippen molar-refractivity contribution < 1.29 is 14.2 Å². The Morgan fingerprint density at radius 3 is 2.35 bits per heavy atom. The Bertz CT molecular complexity index is 977. The predicted octanol–water partition coefficient (Wildman–Crippen LogP) is 3.52. The Morgan fingerprint density at radius 2 is 1.69 bits per heavy atom. The van der Waals surface area contributed by atoms with E-state index in [0.717, 1.165) is 16.9 Å². The van der Waals surface area contributed by atoms with E-state index in [4.69, 9.17) is 26.4 Å². The highest BCUT2D eigenvalue weighted by Crippen LogP contribution is 2.24. The van der Waals surface area contributed by atoms with E-state index in [0.29, 0.717) is 22.1 Å². The number of methoxy groups -OCH3 is 3. The van der Waals surface area contributed by atoms with E-state index in [1.807, 2.05) is 36.4 Å². The number of aromatic amines is 1. The van der Waals surface area contributed by atoms with Crippen LogP contribution in [0.15, 0.2) is 47.6 Å². The smallest absolute Gasteiger partial charge is 0.216 e. The van der Waals surface area contributed by atoms with Gasteiger partial charge in [-0.2, -0.15) is 14.9 Å². The molecule has 0 amide bonds. The van der Waals surface area contributed by atoms with Gasteiger partial charge in [-0.15, -0.1) is 0 Å². The first-order valence-electron chi connectivity index (χ1n) is 7.74. The lowest BCUT2D eigenvalue weighted by Gasteiger charge is -2.07. The number of ether oxygens (including phenoxy) is 3. The van der Waals surface area contributed by atoms with Crippen molar-refractivity contribution in [2.45, 2.75) is 0 Å². The Labute approximate surface area is 155 Å². The zero-order valence-electron chi connectivity index (χ0n) is 14.6. The fourth-order valence-corrected chi connectivity index (χ4v) is 2.55. The molecular formula is C18H18N4O3S. The van der Waals surface area contributed by atoms with Crippen molar-refractivity contribution in [1.29, 1.82) is 0 Å². The van der Waals surface area contributed by atoms with Crippen molar-refractivity contribution >= 4 is 18.4 Å². The molecule has 0 fully saturated rings. The van der Waals surface area contributed by atoms with Gasteiger partial charge < -0.3 is 14.2 Å². The molecule has 1 N–H and O–H groups in total. The lowest BCUT2D eigenvalue weighted by Crippen LogP contribution is -1.97. The van der Waals surface area contributed by atoms with Gasteiger partial charge in [-0.25, -0.2) is 5.10 Å². The van der Waals surface area contributed by atoms with E-state index in [2.05, 4.69) is 15.3 Å². The van der Waals surface area contributed by atoms with Crippen LogP contribution in [0.25, 0.3) is 11.4 Å². The molecule has 26 heavy (non-hydrogen) atoms. The number of nitrogens with one attached hydrogen (secondary N) is 1. The summed E-state index contributed by atoms with van der Waals surface area (Å²) < 4.78 is 17.7. The number of aromatic nitrogens is 3. The summed E-state index contributed by atoms with van der Waals surface area (Å²) in [7, 11) is 4.82. The summed E-state index contributed by atoms with van der Waals surface area (Å²) in [6.07, 6.45) is 1.66. The van der Waals surface area contributed by atoms with Crippen LogP contribution in [0.2, 0.25) is 0 Å². The van der Waals surface area contributed by atoms with Gasteiger partial charge in [0.25, 0.3) is 0 Å². The van der Waals surface area contributed by atoms with Crippen molar-refractivity contribution in [2.75, 3.05) is 21.3 Å². The minimum Gasteiger partial charge on any atom is -0.497 e. The van der Waals surface area contributed by atoms with Crippen LogP contribution < -0.4 is 14.2 Å². The second-order valence-electron chi connectivity index (χ2n) is 5.25. The average Bonchev–Trinajstić information content (AvgIpc) is 3.06. The maximum atomic E-state index is 5.38. The molecule has 1 aromatic heterocycles. The zero-order chi connectivity index (χ0) is 18.5.